The first-order chi connectivity index (χ1) is 11.0. The molecule has 2 aliphatic rings. The predicted molar refractivity (Wildman–Crippen MR) is 101 cm³/mol. The average molecular weight is 354 g/mol. The highest BCUT2D eigenvalue weighted by Crippen LogP contribution is 2.33. The van der Waals surface area contributed by atoms with Crippen LogP contribution in [-0.4, -0.2) is 34.5 Å². The number of nitrogens with two attached hydrogens (primary N) is 1. The highest BCUT2D eigenvalue weighted by molar-refractivity contribution is 5.96. The Morgan fingerprint density at radius 3 is 2.50 bits per heavy atom. The Bertz CT molecular complexity index is 577. The van der Waals surface area contributed by atoms with E-state index in [1.54, 1.807) is 0 Å². The molecule has 2 unspecified atom stereocenters. The smallest absolute Gasteiger partial charge is 0.255 e. The molecule has 24 heavy (non-hydrogen) atoms. The van der Waals surface area contributed by atoms with Crippen LogP contribution in [0.25, 0.3) is 0 Å². The van der Waals surface area contributed by atoms with Gasteiger partial charge in [-0.1, -0.05) is 19.3 Å². The zero-order chi connectivity index (χ0) is 16.6. The molecule has 0 aromatic carbocycles. The van der Waals surface area contributed by atoms with E-state index in [0.29, 0.717) is 24.5 Å². The van der Waals surface area contributed by atoms with Crippen LogP contribution in [0.2, 0.25) is 0 Å². The fraction of sp³-hybridized carbons (Fsp3) is 0.737. The summed E-state index contributed by atoms with van der Waals surface area (Å²) in [4.78, 5) is 15.1. The number of amides is 1. The van der Waals surface area contributed by atoms with E-state index in [4.69, 9.17) is 5.73 Å². The first-order valence-corrected chi connectivity index (χ1v) is 9.22. The third kappa shape index (κ3) is 3.50. The number of nitrogens with zero attached hydrogens (tertiary/aromatic N) is 2. The number of rotatable bonds is 3. The van der Waals surface area contributed by atoms with Crippen LogP contribution in [0.3, 0.4) is 0 Å². The molecule has 2 atom stereocenters. The van der Waals surface area contributed by atoms with Gasteiger partial charge in [-0.05, 0) is 58.6 Å². The second-order valence-electron chi connectivity index (χ2n) is 7.59. The number of carbonyl (C=O) groups excluding carboxylic acids is 1. The summed E-state index contributed by atoms with van der Waals surface area (Å²) in [7, 11) is 0. The quantitative estimate of drug-likeness (QED) is 0.897. The van der Waals surface area contributed by atoms with Crippen molar-refractivity contribution in [1.29, 1.82) is 0 Å². The topological polar surface area (TPSA) is 51.3 Å². The number of hydrogen-bond donors (Lipinski definition) is 1. The van der Waals surface area contributed by atoms with Crippen molar-refractivity contribution < 1.29 is 4.79 Å². The van der Waals surface area contributed by atoms with E-state index in [2.05, 4.69) is 31.4 Å². The van der Waals surface area contributed by atoms with Gasteiger partial charge in [-0.2, -0.15) is 0 Å². The second kappa shape index (κ2) is 7.92. The molecule has 3 rings (SSSR count). The second-order valence-corrected chi connectivity index (χ2v) is 7.59. The summed E-state index contributed by atoms with van der Waals surface area (Å²) >= 11 is 0. The van der Waals surface area contributed by atoms with Crippen molar-refractivity contribution in [2.24, 2.45) is 11.7 Å². The van der Waals surface area contributed by atoms with Gasteiger partial charge >= 0.3 is 0 Å². The van der Waals surface area contributed by atoms with Gasteiger partial charge in [-0.25, -0.2) is 0 Å². The summed E-state index contributed by atoms with van der Waals surface area (Å²) in [5.41, 5.74) is 9.10. The van der Waals surface area contributed by atoms with Crippen LogP contribution in [-0.2, 0) is 0 Å². The Labute approximate surface area is 152 Å². The summed E-state index contributed by atoms with van der Waals surface area (Å²) < 4.78 is 2.42. The van der Waals surface area contributed by atoms with Crippen molar-refractivity contribution in [3.8, 4) is 0 Å². The largest absolute Gasteiger partial charge is 0.345 e. The van der Waals surface area contributed by atoms with Gasteiger partial charge in [0, 0.05) is 30.0 Å². The summed E-state index contributed by atoms with van der Waals surface area (Å²) in [5.74, 6) is 0.652. The van der Waals surface area contributed by atoms with Gasteiger partial charge in [0.25, 0.3) is 5.91 Å². The van der Waals surface area contributed by atoms with E-state index in [1.807, 2.05) is 4.90 Å². The molecule has 1 saturated carbocycles. The molecular formula is C19H32ClN3O. The molecule has 2 N–H and O–H groups in total. The molecule has 5 heteroatoms. The van der Waals surface area contributed by atoms with Crippen molar-refractivity contribution in [2.45, 2.75) is 71.4 Å². The van der Waals surface area contributed by atoms with Gasteiger partial charge in [0.15, 0.2) is 0 Å². The number of likely N-dealkylation sites (tertiary alicyclic amines) is 1. The minimum Gasteiger partial charge on any atom is -0.345 e. The fourth-order valence-electron chi connectivity index (χ4n) is 4.65. The summed E-state index contributed by atoms with van der Waals surface area (Å²) in [6, 6.07) is 2.99. The standard InChI is InChI=1S/C19H31N3O.ClH/c1-13-9-16(11-20)12-21(13)19(23)18-10-14(2)22(15(18)3)17-7-5-4-6-8-17;/h10,13,16-17H,4-9,11-12,20H2,1-3H3;1H. The van der Waals surface area contributed by atoms with E-state index < -0.39 is 0 Å². The number of aromatic nitrogens is 1. The Hall–Kier alpha value is -1.000. The Kier molecular flexibility index (Phi) is 6.38. The zero-order valence-corrected chi connectivity index (χ0v) is 16.1. The SMILES string of the molecule is Cc1cc(C(=O)N2CC(CN)CC2C)c(C)n1C1CCCCC1.Cl. The molecule has 1 saturated heterocycles. The fourth-order valence-corrected chi connectivity index (χ4v) is 4.65. The highest BCUT2D eigenvalue weighted by atomic mass is 35.5. The molecule has 0 bridgehead atoms. The van der Waals surface area contributed by atoms with E-state index in [0.717, 1.165) is 24.2 Å². The molecule has 136 valence electrons. The number of carbonyl (C=O) groups is 1. The van der Waals surface area contributed by atoms with Crippen LogP contribution in [0.15, 0.2) is 6.07 Å². The lowest BCUT2D eigenvalue weighted by Crippen LogP contribution is -2.34. The predicted octanol–water partition coefficient (Wildman–Crippen LogP) is 3.84. The van der Waals surface area contributed by atoms with Gasteiger partial charge in [0.05, 0.1) is 5.56 Å². The van der Waals surface area contributed by atoms with E-state index in [-0.39, 0.29) is 18.3 Å². The maximum atomic E-state index is 13.1. The highest BCUT2D eigenvalue weighted by Gasteiger charge is 2.34. The van der Waals surface area contributed by atoms with Gasteiger partial charge in [-0.3, -0.25) is 4.79 Å². The van der Waals surface area contributed by atoms with Crippen molar-refractivity contribution >= 4 is 18.3 Å². The minimum atomic E-state index is 0. The van der Waals surface area contributed by atoms with Crippen molar-refractivity contribution in [1.82, 2.24) is 9.47 Å². The molecule has 1 amide bonds. The normalized spacial score (nSPS) is 24.9. The summed E-state index contributed by atoms with van der Waals surface area (Å²) in [5, 5.41) is 0. The Morgan fingerprint density at radius 2 is 1.92 bits per heavy atom. The number of halogens is 1. The first kappa shape index (κ1) is 19.3. The Balaban J connectivity index is 0.00000208. The average Bonchev–Trinajstić information content (AvgIpc) is 3.07. The third-order valence-corrected chi connectivity index (χ3v) is 5.91. The van der Waals surface area contributed by atoms with Gasteiger partial charge in [0.1, 0.15) is 0 Å². The molecule has 4 nitrogen and oxygen atoms in total. The van der Waals surface area contributed by atoms with E-state index >= 15 is 0 Å². The maximum absolute atomic E-state index is 13.1. The van der Waals surface area contributed by atoms with Crippen LogP contribution in [0, 0.1) is 19.8 Å². The molecule has 0 radical (unpaired) electrons. The van der Waals surface area contributed by atoms with Crippen LogP contribution < -0.4 is 5.73 Å². The third-order valence-electron chi connectivity index (χ3n) is 5.91. The van der Waals surface area contributed by atoms with Crippen LogP contribution in [0.5, 0.6) is 0 Å². The van der Waals surface area contributed by atoms with Gasteiger partial charge in [0.2, 0.25) is 0 Å². The molecule has 1 aliphatic heterocycles. The molecule has 1 aromatic heterocycles. The van der Waals surface area contributed by atoms with Crippen molar-refractivity contribution in [3.63, 3.8) is 0 Å². The number of aryl methyl sites for hydroxylation is 1. The van der Waals surface area contributed by atoms with Crippen molar-refractivity contribution in [2.75, 3.05) is 13.1 Å². The van der Waals surface area contributed by atoms with Crippen LogP contribution in [0.4, 0.5) is 0 Å². The molecule has 2 fully saturated rings. The van der Waals surface area contributed by atoms with E-state index in [9.17, 15) is 4.79 Å². The molecule has 1 aliphatic carbocycles. The minimum absolute atomic E-state index is 0. The molecule has 2 heterocycles. The lowest BCUT2D eigenvalue weighted by molar-refractivity contribution is 0.0742. The lowest BCUT2D eigenvalue weighted by atomic mass is 9.95. The summed E-state index contributed by atoms with van der Waals surface area (Å²) in [6.45, 7) is 7.90. The maximum Gasteiger partial charge on any atom is 0.255 e. The monoisotopic (exact) mass is 353 g/mol. The summed E-state index contributed by atoms with van der Waals surface area (Å²) in [6.07, 6.45) is 7.51. The number of hydrogen-bond acceptors (Lipinski definition) is 2. The van der Waals surface area contributed by atoms with Crippen molar-refractivity contribution in [3.05, 3.63) is 23.0 Å². The molecule has 1 aromatic rings. The van der Waals surface area contributed by atoms with Crippen LogP contribution in [0.1, 0.15) is 73.2 Å². The molecular weight excluding hydrogens is 322 g/mol. The zero-order valence-electron chi connectivity index (χ0n) is 15.3. The van der Waals surface area contributed by atoms with Gasteiger partial charge in [-0.15, -0.1) is 12.4 Å². The first-order valence-electron chi connectivity index (χ1n) is 9.22. The Morgan fingerprint density at radius 1 is 1.25 bits per heavy atom. The van der Waals surface area contributed by atoms with E-state index in [1.165, 1.54) is 37.8 Å². The molecule has 0 spiro atoms. The lowest BCUT2D eigenvalue weighted by Gasteiger charge is -2.27. The van der Waals surface area contributed by atoms with Gasteiger partial charge < -0.3 is 15.2 Å². The van der Waals surface area contributed by atoms with Crippen LogP contribution >= 0.6 is 12.4 Å².